The number of halogens is 1. The van der Waals surface area contributed by atoms with E-state index in [2.05, 4.69) is 0 Å². The van der Waals surface area contributed by atoms with Crippen LogP contribution in [-0.2, 0) is 0 Å². The Balaban J connectivity index is 2.56. The molecule has 24 heavy (non-hydrogen) atoms. The van der Waals surface area contributed by atoms with Gasteiger partial charge in [0.1, 0.15) is 17.3 Å². The van der Waals surface area contributed by atoms with E-state index >= 15 is 0 Å². The second kappa shape index (κ2) is 6.91. The van der Waals surface area contributed by atoms with Gasteiger partial charge in [-0.2, -0.15) is 0 Å². The second-order valence-electron chi connectivity index (χ2n) is 6.33. The lowest BCUT2D eigenvalue weighted by molar-refractivity contribution is 0.0979. The molecule has 2 aromatic carbocycles. The predicted molar refractivity (Wildman–Crippen MR) is 92.2 cm³/mol. The molecule has 4 nitrogen and oxygen atoms in total. The smallest absolute Gasteiger partial charge is 0.258 e. The molecular formula is C19H22FNO3. The summed E-state index contributed by atoms with van der Waals surface area (Å²) in [5.74, 6) is -1.12. The summed E-state index contributed by atoms with van der Waals surface area (Å²) < 4.78 is 13.4. The summed E-state index contributed by atoms with van der Waals surface area (Å²) in [6, 6.07) is 8.00. The SMILES string of the molecule is CC(C)c1cc(N(C(=O)c2cccc(F)c2)C(C)C)c(O)cc1O. The fourth-order valence-electron chi connectivity index (χ4n) is 2.62. The van der Waals surface area contributed by atoms with Gasteiger partial charge in [-0.1, -0.05) is 19.9 Å². The molecule has 2 rings (SSSR count). The number of hydrogen-bond acceptors (Lipinski definition) is 3. The monoisotopic (exact) mass is 331 g/mol. The van der Waals surface area contributed by atoms with Crippen molar-refractivity contribution in [2.45, 2.75) is 39.7 Å². The summed E-state index contributed by atoms with van der Waals surface area (Å²) in [4.78, 5) is 14.2. The molecule has 1 amide bonds. The van der Waals surface area contributed by atoms with Gasteiger partial charge in [0.05, 0.1) is 5.69 Å². The molecular weight excluding hydrogens is 309 g/mol. The Hall–Kier alpha value is -2.56. The first-order valence-corrected chi connectivity index (χ1v) is 7.87. The molecule has 2 aromatic rings. The number of amides is 1. The molecule has 128 valence electrons. The zero-order valence-electron chi connectivity index (χ0n) is 14.2. The third kappa shape index (κ3) is 3.50. The lowest BCUT2D eigenvalue weighted by Gasteiger charge is -2.28. The lowest BCUT2D eigenvalue weighted by Crippen LogP contribution is -2.37. The van der Waals surface area contributed by atoms with Crippen LogP contribution in [0.3, 0.4) is 0 Å². The number of aromatic hydroxyl groups is 2. The van der Waals surface area contributed by atoms with Crippen molar-refractivity contribution in [3.8, 4) is 11.5 Å². The number of benzene rings is 2. The Morgan fingerprint density at radius 2 is 1.71 bits per heavy atom. The van der Waals surface area contributed by atoms with E-state index in [0.717, 1.165) is 0 Å². The summed E-state index contributed by atoms with van der Waals surface area (Å²) in [6.45, 7) is 7.42. The van der Waals surface area contributed by atoms with Crippen molar-refractivity contribution < 1.29 is 19.4 Å². The average Bonchev–Trinajstić information content (AvgIpc) is 2.48. The van der Waals surface area contributed by atoms with Gasteiger partial charge in [0.2, 0.25) is 0 Å². The quantitative estimate of drug-likeness (QED) is 0.872. The molecule has 0 atom stereocenters. The molecule has 0 radical (unpaired) electrons. The molecule has 0 aliphatic carbocycles. The van der Waals surface area contributed by atoms with Crippen LogP contribution in [0.5, 0.6) is 11.5 Å². The van der Waals surface area contributed by atoms with E-state index in [-0.39, 0.29) is 29.0 Å². The van der Waals surface area contributed by atoms with Crippen LogP contribution in [-0.4, -0.2) is 22.2 Å². The highest BCUT2D eigenvalue weighted by Crippen LogP contribution is 2.38. The van der Waals surface area contributed by atoms with Crippen molar-refractivity contribution in [1.29, 1.82) is 0 Å². The Kier molecular flexibility index (Phi) is 5.12. The first-order chi connectivity index (χ1) is 11.2. The highest BCUT2D eigenvalue weighted by Gasteiger charge is 2.25. The van der Waals surface area contributed by atoms with Crippen molar-refractivity contribution in [3.05, 3.63) is 53.3 Å². The van der Waals surface area contributed by atoms with Crippen LogP contribution in [0.15, 0.2) is 36.4 Å². The minimum atomic E-state index is -0.498. The molecule has 0 unspecified atom stereocenters. The number of phenols is 2. The van der Waals surface area contributed by atoms with Gasteiger partial charge in [0, 0.05) is 17.7 Å². The topological polar surface area (TPSA) is 60.8 Å². The van der Waals surface area contributed by atoms with Crippen LogP contribution in [0, 0.1) is 5.82 Å². The third-order valence-corrected chi connectivity index (χ3v) is 3.81. The van der Waals surface area contributed by atoms with E-state index in [9.17, 15) is 19.4 Å². The number of hydrogen-bond donors (Lipinski definition) is 2. The summed E-state index contributed by atoms with van der Waals surface area (Å²) in [7, 11) is 0. The van der Waals surface area contributed by atoms with Gasteiger partial charge in [-0.3, -0.25) is 4.79 Å². The van der Waals surface area contributed by atoms with Gasteiger partial charge in [-0.25, -0.2) is 4.39 Å². The Labute approximate surface area is 141 Å². The first kappa shape index (κ1) is 17.8. The number of nitrogens with zero attached hydrogens (tertiary/aromatic N) is 1. The molecule has 0 aliphatic rings. The van der Waals surface area contributed by atoms with Gasteiger partial charge in [0.25, 0.3) is 5.91 Å². The third-order valence-electron chi connectivity index (χ3n) is 3.81. The van der Waals surface area contributed by atoms with Crippen LogP contribution >= 0.6 is 0 Å². The van der Waals surface area contributed by atoms with Gasteiger partial charge in [0.15, 0.2) is 0 Å². The zero-order valence-corrected chi connectivity index (χ0v) is 14.2. The molecule has 5 heteroatoms. The van der Waals surface area contributed by atoms with Crippen molar-refractivity contribution in [3.63, 3.8) is 0 Å². The van der Waals surface area contributed by atoms with E-state index in [0.29, 0.717) is 11.3 Å². The standard InChI is InChI=1S/C19H22FNO3/c1-11(2)15-9-16(18(23)10-17(15)22)21(12(3)4)19(24)13-6-5-7-14(20)8-13/h5-12,22-23H,1-4H3. The number of anilines is 1. The first-order valence-electron chi connectivity index (χ1n) is 7.87. The van der Waals surface area contributed by atoms with Crippen LogP contribution in [0.1, 0.15) is 49.5 Å². The van der Waals surface area contributed by atoms with Gasteiger partial charge in [-0.15, -0.1) is 0 Å². The van der Waals surface area contributed by atoms with Crippen molar-refractivity contribution in [1.82, 2.24) is 0 Å². The van der Waals surface area contributed by atoms with Crippen LogP contribution in [0.25, 0.3) is 0 Å². The maximum atomic E-state index is 13.4. The fraction of sp³-hybridized carbons (Fsp3) is 0.316. The molecule has 0 bridgehead atoms. The molecule has 0 aromatic heterocycles. The number of carbonyl (C=O) groups excluding carboxylic acids is 1. The number of phenolic OH excluding ortho intramolecular Hbond substituents is 2. The summed E-state index contributed by atoms with van der Waals surface area (Å²) >= 11 is 0. The fourth-order valence-corrected chi connectivity index (χ4v) is 2.62. The molecule has 0 fully saturated rings. The van der Waals surface area contributed by atoms with E-state index in [1.807, 2.05) is 13.8 Å². The van der Waals surface area contributed by atoms with E-state index in [1.165, 1.54) is 35.2 Å². The largest absolute Gasteiger partial charge is 0.508 e. The van der Waals surface area contributed by atoms with Crippen LogP contribution in [0.4, 0.5) is 10.1 Å². The Morgan fingerprint density at radius 3 is 2.25 bits per heavy atom. The normalized spacial score (nSPS) is 11.1. The van der Waals surface area contributed by atoms with Gasteiger partial charge >= 0.3 is 0 Å². The second-order valence-corrected chi connectivity index (χ2v) is 6.33. The number of carbonyl (C=O) groups is 1. The zero-order chi connectivity index (χ0) is 18.0. The van der Waals surface area contributed by atoms with Gasteiger partial charge in [-0.05, 0) is 49.6 Å². The maximum Gasteiger partial charge on any atom is 0.258 e. The van der Waals surface area contributed by atoms with Crippen LogP contribution in [0.2, 0.25) is 0 Å². The van der Waals surface area contributed by atoms with Crippen molar-refractivity contribution >= 4 is 11.6 Å². The van der Waals surface area contributed by atoms with Crippen LogP contribution < -0.4 is 4.90 Å². The Bertz CT molecular complexity index is 756. The van der Waals surface area contributed by atoms with E-state index in [4.69, 9.17) is 0 Å². The minimum absolute atomic E-state index is 0.0163. The summed E-state index contributed by atoms with van der Waals surface area (Å²) in [6.07, 6.45) is 0. The highest BCUT2D eigenvalue weighted by molar-refractivity contribution is 6.07. The van der Waals surface area contributed by atoms with E-state index < -0.39 is 11.7 Å². The van der Waals surface area contributed by atoms with Crippen molar-refractivity contribution in [2.24, 2.45) is 0 Å². The molecule has 0 aliphatic heterocycles. The molecule has 0 saturated carbocycles. The molecule has 0 spiro atoms. The average molecular weight is 331 g/mol. The van der Waals surface area contributed by atoms with Gasteiger partial charge < -0.3 is 15.1 Å². The highest BCUT2D eigenvalue weighted by atomic mass is 19.1. The van der Waals surface area contributed by atoms with Crippen molar-refractivity contribution in [2.75, 3.05) is 4.90 Å². The Morgan fingerprint density at radius 1 is 1.04 bits per heavy atom. The molecule has 2 N–H and O–H groups in total. The minimum Gasteiger partial charge on any atom is -0.508 e. The molecule has 0 heterocycles. The molecule has 0 saturated heterocycles. The predicted octanol–water partition coefficient (Wildman–Crippen LogP) is 4.42. The maximum absolute atomic E-state index is 13.4. The van der Waals surface area contributed by atoms with E-state index in [1.54, 1.807) is 19.9 Å². The number of rotatable bonds is 4. The summed E-state index contributed by atoms with van der Waals surface area (Å²) in [5, 5.41) is 20.2. The lowest BCUT2D eigenvalue weighted by atomic mass is 10.00. The summed E-state index contributed by atoms with van der Waals surface area (Å²) in [5.41, 5.74) is 1.11.